The summed E-state index contributed by atoms with van der Waals surface area (Å²) in [7, 11) is 0. The Morgan fingerprint density at radius 2 is 1.52 bits per heavy atom. The highest BCUT2D eigenvalue weighted by Gasteiger charge is 2.59. The van der Waals surface area contributed by atoms with Gasteiger partial charge in [0.1, 0.15) is 0 Å². The first-order valence-corrected chi connectivity index (χ1v) is 9.63. The molecule has 0 spiro atoms. The average Bonchev–Trinajstić information content (AvgIpc) is 2.76. The Morgan fingerprint density at radius 1 is 0.810 bits per heavy atom. The third kappa shape index (κ3) is 1.92. The second kappa shape index (κ2) is 4.73. The first-order valence-electron chi connectivity index (χ1n) is 9.63. The van der Waals surface area contributed by atoms with Crippen LogP contribution in [0.15, 0.2) is 0 Å². The summed E-state index contributed by atoms with van der Waals surface area (Å²) < 4.78 is 0. The SMILES string of the molecule is CC1CCC2C3CCC4CC(O)CCC4(C)C3CCC12C. The van der Waals surface area contributed by atoms with Crippen LogP contribution in [-0.4, -0.2) is 11.2 Å². The van der Waals surface area contributed by atoms with Crippen LogP contribution in [0.3, 0.4) is 0 Å². The molecule has 0 radical (unpaired) electrons. The zero-order valence-corrected chi connectivity index (χ0v) is 14.3. The Morgan fingerprint density at radius 3 is 2.33 bits per heavy atom. The van der Waals surface area contributed by atoms with Crippen LogP contribution in [0.25, 0.3) is 0 Å². The summed E-state index contributed by atoms with van der Waals surface area (Å²) in [6.45, 7) is 7.73. The van der Waals surface area contributed by atoms with Crippen molar-refractivity contribution in [1.29, 1.82) is 0 Å². The van der Waals surface area contributed by atoms with Gasteiger partial charge in [-0.25, -0.2) is 0 Å². The van der Waals surface area contributed by atoms with Crippen molar-refractivity contribution in [3.63, 3.8) is 0 Å². The normalized spacial score (nSPS) is 60.0. The standard InChI is InChI=1S/C20H34O/c1-13-4-7-17-16-6-5-14-12-15(21)8-10-20(14,3)18(16)9-11-19(13,17)2/h13-18,21H,4-12H2,1-3H3. The van der Waals surface area contributed by atoms with Crippen LogP contribution >= 0.6 is 0 Å². The van der Waals surface area contributed by atoms with Crippen LogP contribution in [-0.2, 0) is 0 Å². The number of rotatable bonds is 0. The van der Waals surface area contributed by atoms with Gasteiger partial charge in [0.2, 0.25) is 0 Å². The molecule has 0 aliphatic heterocycles. The molecule has 0 heterocycles. The van der Waals surface area contributed by atoms with E-state index in [1.165, 1.54) is 44.9 Å². The minimum atomic E-state index is -0.0000147. The van der Waals surface area contributed by atoms with Crippen molar-refractivity contribution in [3.05, 3.63) is 0 Å². The summed E-state index contributed by atoms with van der Waals surface area (Å²) in [4.78, 5) is 0. The molecule has 120 valence electrons. The molecule has 8 unspecified atom stereocenters. The van der Waals surface area contributed by atoms with Gasteiger partial charge < -0.3 is 5.11 Å². The number of hydrogen-bond donors (Lipinski definition) is 1. The maximum Gasteiger partial charge on any atom is 0.0543 e. The van der Waals surface area contributed by atoms with Crippen molar-refractivity contribution in [1.82, 2.24) is 0 Å². The lowest BCUT2D eigenvalue weighted by atomic mass is 9.45. The van der Waals surface area contributed by atoms with Gasteiger partial charge in [-0.1, -0.05) is 20.8 Å². The monoisotopic (exact) mass is 290 g/mol. The smallest absolute Gasteiger partial charge is 0.0543 e. The topological polar surface area (TPSA) is 20.2 Å². The van der Waals surface area contributed by atoms with E-state index in [2.05, 4.69) is 20.8 Å². The van der Waals surface area contributed by atoms with Gasteiger partial charge >= 0.3 is 0 Å². The minimum absolute atomic E-state index is 0.0000147. The maximum absolute atomic E-state index is 10.1. The van der Waals surface area contributed by atoms with Crippen molar-refractivity contribution in [2.75, 3.05) is 0 Å². The van der Waals surface area contributed by atoms with Crippen molar-refractivity contribution in [2.45, 2.75) is 84.7 Å². The van der Waals surface area contributed by atoms with E-state index in [1.54, 1.807) is 0 Å². The van der Waals surface area contributed by atoms with Crippen molar-refractivity contribution >= 4 is 0 Å². The lowest BCUT2D eigenvalue weighted by Crippen LogP contribution is -2.53. The largest absolute Gasteiger partial charge is 0.393 e. The summed E-state index contributed by atoms with van der Waals surface area (Å²) in [6, 6.07) is 0. The molecule has 0 aromatic carbocycles. The molecule has 1 heteroatoms. The predicted molar refractivity (Wildman–Crippen MR) is 86.9 cm³/mol. The third-order valence-electron chi connectivity index (χ3n) is 9.11. The molecule has 1 N–H and O–H groups in total. The molecule has 0 saturated heterocycles. The zero-order chi connectivity index (χ0) is 14.8. The highest BCUT2D eigenvalue weighted by Crippen LogP contribution is 2.67. The second-order valence-corrected chi connectivity index (χ2v) is 9.61. The summed E-state index contributed by atoms with van der Waals surface area (Å²) in [6.07, 6.45) is 12.2. The van der Waals surface area contributed by atoms with Gasteiger partial charge in [0.25, 0.3) is 0 Å². The Bertz CT molecular complexity index is 418. The van der Waals surface area contributed by atoms with E-state index in [-0.39, 0.29) is 6.10 Å². The van der Waals surface area contributed by atoms with Crippen molar-refractivity contribution < 1.29 is 5.11 Å². The van der Waals surface area contributed by atoms with Gasteiger partial charge in [-0.3, -0.25) is 0 Å². The van der Waals surface area contributed by atoms with Crippen LogP contribution in [0.5, 0.6) is 0 Å². The zero-order valence-electron chi connectivity index (χ0n) is 14.3. The fourth-order valence-electron chi connectivity index (χ4n) is 7.50. The molecule has 21 heavy (non-hydrogen) atoms. The molecule has 4 aliphatic carbocycles. The molecule has 8 atom stereocenters. The molecule has 0 aromatic heterocycles. The van der Waals surface area contributed by atoms with Gasteiger partial charge in [0.05, 0.1) is 6.10 Å². The Balaban J connectivity index is 1.62. The van der Waals surface area contributed by atoms with E-state index in [1.807, 2.05) is 0 Å². The quantitative estimate of drug-likeness (QED) is 0.663. The second-order valence-electron chi connectivity index (χ2n) is 9.61. The van der Waals surface area contributed by atoms with Gasteiger partial charge in [0.15, 0.2) is 0 Å². The summed E-state index contributed by atoms with van der Waals surface area (Å²) >= 11 is 0. The average molecular weight is 290 g/mol. The first-order chi connectivity index (χ1) is 9.95. The van der Waals surface area contributed by atoms with E-state index < -0.39 is 0 Å². The van der Waals surface area contributed by atoms with Crippen LogP contribution in [0.1, 0.15) is 78.6 Å². The lowest BCUT2D eigenvalue weighted by Gasteiger charge is -2.60. The fourth-order valence-corrected chi connectivity index (χ4v) is 7.50. The highest BCUT2D eigenvalue weighted by molar-refractivity contribution is 5.08. The van der Waals surface area contributed by atoms with Gasteiger partial charge in [-0.15, -0.1) is 0 Å². The van der Waals surface area contributed by atoms with Crippen LogP contribution in [0.4, 0.5) is 0 Å². The van der Waals surface area contributed by atoms with Crippen LogP contribution in [0, 0.1) is 40.4 Å². The molecule has 4 aliphatic rings. The van der Waals surface area contributed by atoms with Crippen molar-refractivity contribution in [2.24, 2.45) is 40.4 Å². The van der Waals surface area contributed by atoms with E-state index in [4.69, 9.17) is 0 Å². The van der Waals surface area contributed by atoms with E-state index in [0.29, 0.717) is 10.8 Å². The van der Waals surface area contributed by atoms with Gasteiger partial charge in [-0.05, 0) is 98.2 Å². The molecule has 4 saturated carbocycles. The number of aliphatic hydroxyl groups is 1. The lowest BCUT2D eigenvalue weighted by molar-refractivity contribution is -0.125. The molecule has 4 fully saturated rings. The van der Waals surface area contributed by atoms with E-state index in [0.717, 1.165) is 42.4 Å². The van der Waals surface area contributed by atoms with Gasteiger partial charge in [-0.2, -0.15) is 0 Å². The molecule has 0 amide bonds. The molecular weight excluding hydrogens is 256 g/mol. The highest BCUT2D eigenvalue weighted by atomic mass is 16.3. The fraction of sp³-hybridized carbons (Fsp3) is 1.00. The van der Waals surface area contributed by atoms with Crippen molar-refractivity contribution in [3.8, 4) is 0 Å². The van der Waals surface area contributed by atoms with Gasteiger partial charge in [0, 0.05) is 0 Å². The van der Waals surface area contributed by atoms with Crippen LogP contribution in [0.2, 0.25) is 0 Å². The van der Waals surface area contributed by atoms with E-state index in [9.17, 15) is 5.11 Å². The molecule has 0 bridgehead atoms. The molecular formula is C20H34O. The summed E-state index contributed by atoms with van der Waals surface area (Å²) in [5.74, 6) is 4.74. The number of fused-ring (bicyclic) bond motifs is 5. The first kappa shape index (κ1) is 14.5. The summed E-state index contributed by atoms with van der Waals surface area (Å²) in [5, 5.41) is 10.1. The Kier molecular flexibility index (Phi) is 3.27. The maximum atomic E-state index is 10.1. The molecule has 1 nitrogen and oxygen atoms in total. The van der Waals surface area contributed by atoms with Crippen LogP contribution < -0.4 is 0 Å². The number of aliphatic hydroxyl groups excluding tert-OH is 1. The summed E-state index contributed by atoms with van der Waals surface area (Å²) in [5.41, 5.74) is 1.20. The Labute approximate surface area is 130 Å². The predicted octanol–water partition coefficient (Wildman–Crippen LogP) is 5.03. The third-order valence-corrected chi connectivity index (χ3v) is 9.11. The molecule has 0 aromatic rings. The number of hydrogen-bond acceptors (Lipinski definition) is 1. The minimum Gasteiger partial charge on any atom is -0.393 e. The Hall–Kier alpha value is -0.0400. The molecule has 4 rings (SSSR count). The van der Waals surface area contributed by atoms with E-state index >= 15 is 0 Å².